The zero-order valence-corrected chi connectivity index (χ0v) is 17.4. The van der Waals surface area contributed by atoms with Gasteiger partial charge in [0, 0.05) is 51.0 Å². The first-order valence-electron chi connectivity index (χ1n) is 9.26. The van der Waals surface area contributed by atoms with Crippen molar-refractivity contribution in [1.82, 2.24) is 14.7 Å². The van der Waals surface area contributed by atoms with Gasteiger partial charge in [0.25, 0.3) is 5.91 Å². The van der Waals surface area contributed by atoms with Gasteiger partial charge in [-0.15, -0.1) is 0 Å². The summed E-state index contributed by atoms with van der Waals surface area (Å²) in [7, 11) is 0. The summed E-state index contributed by atoms with van der Waals surface area (Å²) in [6, 6.07) is 3.21. The summed E-state index contributed by atoms with van der Waals surface area (Å²) in [4.78, 5) is 41.5. The van der Waals surface area contributed by atoms with E-state index in [2.05, 4.69) is 16.8 Å². The van der Waals surface area contributed by atoms with Crippen molar-refractivity contribution in [3.8, 4) is 0 Å². The van der Waals surface area contributed by atoms with Gasteiger partial charge in [0.2, 0.25) is 11.8 Å². The Labute approximate surface area is 179 Å². The summed E-state index contributed by atoms with van der Waals surface area (Å²) in [5.74, 6) is -0.779. The van der Waals surface area contributed by atoms with Crippen LogP contribution in [-0.4, -0.2) is 84.3 Å². The summed E-state index contributed by atoms with van der Waals surface area (Å²) in [6.45, 7) is 7.65. The van der Waals surface area contributed by atoms with Crippen molar-refractivity contribution in [1.29, 1.82) is 0 Å². The number of hydrogen-bond donors (Lipinski definition) is 2. The Hall–Kier alpha value is -2.29. The van der Waals surface area contributed by atoms with E-state index in [1.165, 1.54) is 18.2 Å². The molecule has 0 atom stereocenters. The predicted molar refractivity (Wildman–Crippen MR) is 112 cm³/mol. The Morgan fingerprint density at radius 1 is 1.10 bits per heavy atom. The number of amides is 3. The molecule has 1 aromatic carbocycles. The summed E-state index contributed by atoms with van der Waals surface area (Å²) in [5.41, 5.74) is 5.93. The van der Waals surface area contributed by atoms with Gasteiger partial charge in [-0.05, 0) is 18.2 Å². The highest BCUT2D eigenvalue weighted by atomic mass is 35.5. The fourth-order valence-corrected chi connectivity index (χ4v) is 3.84. The highest BCUT2D eigenvalue weighted by Gasteiger charge is 2.35. The van der Waals surface area contributed by atoms with Crippen molar-refractivity contribution in [3.05, 3.63) is 40.4 Å². The molecule has 2 saturated heterocycles. The van der Waals surface area contributed by atoms with E-state index in [-0.39, 0.29) is 34.0 Å². The van der Waals surface area contributed by atoms with Gasteiger partial charge in [0.05, 0.1) is 22.2 Å². The number of carbonyl (C=O) groups excluding carboxylic acids is 3. The lowest BCUT2D eigenvalue weighted by molar-refractivity contribution is -0.135. The first-order chi connectivity index (χ1) is 13.8. The van der Waals surface area contributed by atoms with E-state index in [9.17, 15) is 14.4 Å². The molecule has 3 N–H and O–H groups in total. The van der Waals surface area contributed by atoms with E-state index in [1.54, 1.807) is 9.80 Å². The van der Waals surface area contributed by atoms with Crippen LogP contribution in [0.2, 0.25) is 10.0 Å². The molecule has 0 saturated carbocycles. The molecule has 2 aliphatic rings. The van der Waals surface area contributed by atoms with Crippen LogP contribution in [0.4, 0.5) is 5.69 Å². The summed E-state index contributed by atoms with van der Waals surface area (Å²) in [6.07, 6.45) is 1.33. The van der Waals surface area contributed by atoms with Gasteiger partial charge < -0.3 is 20.9 Å². The molecular weight excluding hydrogens is 417 g/mol. The Balaban J connectivity index is 1.49. The third-order valence-corrected chi connectivity index (χ3v) is 6.01. The van der Waals surface area contributed by atoms with Gasteiger partial charge >= 0.3 is 0 Å². The van der Waals surface area contributed by atoms with Gasteiger partial charge in [-0.25, -0.2) is 0 Å². The minimum absolute atomic E-state index is 0.0171. The van der Waals surface area contributed by atoms with Crippen LogP contribution in [0.1, 0.15) is 10.4 Å². The third kappa shape index (κ3) is 4.83. The lowest BCUT2D eigenvalue weighted by atomic mass is 10.1. The number of nitrogens with one attached hydrogen (secondary N) is 1. The molecule has 29 heavy (non-hydrogen) atoms. The lowest BCUT2D eigenvalue weighted by Crippen LogP contribution is -2.64. The third-order valence-electron chi connectivity index (χ3n) is 5.29. The van der Waals surface area contributed by atoms with E-state index >= 15 is 0 Å². The molecule has 3 rings (SSSR count). The standard InChI is InChI=1S/C19H23Cl2N5O3/c1-2-17(27)26-10-12(11-26)24-3-5-25(6-4-24)18(28)9-23-16-8-15(21)14(20)7-13(16)19(22)29/h2,7-8,12,23H,1,3-6,9-11H2,(H2,22,29). The highest BCUT2D eigenvalue weighted by molar-refractivity contribution is 6.42. The average molecular weight is 440 g/mol. The molecule has 0 bridgehead atoms. The molecule has 10 heteroatoms. The van der Waals surface area contributed by atoms with Crippen molar-refractivity contribution in [2.24, 2.45) is 5.73 Å². The van der Waals surface area contributed by atoms with Crippen molar-refractivity contribution in [3.63, 3.8) is 0 Å². The molecule has 2 heterocycles. The Morgan fingerprint density at radius 3 is 2.31 bits per heavy atom. The Morgan fingerprint density at radius 2 is 1.72 bits per heavy atom. The van der Waals surface area contributed by atoms with Crippen LogP contribution in [0.25, 0.3) is 0 Å². The van der Waals surface area contributed by atoms with Crippen molar-refractivity contribution in [2.75, 3.05) is 51.1 Å². The largest absolute Gasteiger partial charge is 0.375 e. The molecule has 0 aromatic heterocycles. The second-order valence-electron chi connectivity index (χ2n) is 7.05. The fourth-order valence-electron chi connectivity index (χ4n) is 3.51. The van der Waals surface area contributed by atoms with E-state index in [4.69, 9.17) is 28.9 Å². The van der Waals surface area contributed by atoms with Gasteiger partial charge in [0.1, 0.15) is 0 Å². The lowest BCUT2D eigenvalue weighted by Gasteiger charge is -2.47. The second-order valence-corrected chi connectivity index (χ2v) is 7.86. The minimum atomic E-state index is -0.656. The van der Waals surface area contributed by atoms with Gasteiger partial charge in [-0.3, -0.25) is 19.3 Å². The molecule has 0 spiro atoms. The summed E-state index contributed by atoms with van der Waals surface area (Å²) in [5, 5.41) is 3.43. The SMILES string of the molecule is C=CC(=O)N1CC(N2CCN(C(=O)CNc3cc(Cl)c(Cl)cc3C(N)=O)CC2)C1. The average Bonchev–Trinajstić information content (AvgIpc) is 2.67. The van der Waals surface area contributed by atoms with E-state index in [0.717, 1.165) is 13.1 Å². The topological polar surface area (TPSA) is 99.0 Å². The number of piperazine rings is 1. The number of rotatable bonds is 6. The van der Waals surface area contributed by atoms with Gasteiger partial charge in [-0.2, -0.15) is 0 Å². The second kappa shape index (κ2) is 9.02. The number of hydrogen-bond acceptors (Lipinski definition) is 5. The van der Waals surface area contributed by atoms with Crippen LogP contribution >= 0.6 is 23.2 Å². The number of primary amides is 1. The van der Waals surface area contributed by atoms with Crippen molar-refractivity contribution in [2.45, 2.75) is 6.04 Å². The first-order valence-corrected chi connectivity index (χ1v) is 10.0. The molecule has 3 amide bonds. The van der Waals surface area contributed by atoms with Crippen molar-refractivity contribution >= 4 is 46.6 Å². The minimum Gasteiger partial charge on any atom is -0.375 e. The molecule has 2 fully saturated rings. The summed E-state index contributed by atoms with van der Waals surface area (Å²) >= 11 is 11.9. The maximum absolute atomic E-state index is 12.6. The quantitative estimate of drug-likeness (QED) is 0.645. The maximum Gasteiger partial charge on any atom is 0.250 e. The van der Waals surface area contributed by atoms with E-state index in [0.29, 0.717) is 37.9 Å². The Kier molecular flexibility index (Phi) is 6.66. The Bertz CT molecular complexity index is 833. The van der Waals surface area contributed by atoms with Crippen LogP contribution in [0.5, 0.6) is 0 Å². The number of benzene rings is 1. The molecule has 0 radical (unpaired) electrons. The monoisotopic (exact) mass is 439 g/mol. The van der Waals surface area contributed by atoms with Crippen LogP contribution < -0.4 is 11.1 Å². The van der Waals surface area contributed by atoms with Crippen LogP contribution in [0.3, 0.4) is 0 Å². The summed E-state index contributed by atoms with van der Waals surface area (Å²) < 4.78 is 0. The van der Waals surface area contributed by atoms with Crippen molar-refractivity contribution < 1.29 is 14.4 Å². The first kappa shape index (κ1) is 21.4. The number of halogens is 2. The number of anilines is 1. The molecule has 2 aliphatic heterocycles. The smallest absolute Gasteiger partial charge is 0.250 e. The van der Waals surface area contributed by atoms with E-state index < -0.39 is 5.91 Å². The molecular formula is C19H23Cl2N5O3. The van der Waals surface area contributed by atoms with Gasteiger partial charge in [-0.1, -0.05) is 29.8 Å². The fraction of sp³-hybridized carbons (Fsp3) is 0.421. The molecule has 8 nitrogen and oxygen atoms in total. The molecule has 0 aliphatic carbocycles. The number of carbonyl (C=O) groups is 3. The van der Waals surface area contributed by atoms with Crippen LogP contribution in [-0.2, 0) is 9.59 Å². The zero-order chi connectivity index (χ0) is 21.1. The number of likely N-dealkylation sites (tertiary alicyclic amines) is 1. The maximum atomic E-state index is 12.6. The normalized spacial score (nSPS) is 17.6. The molecule has 1 aromatic rings. The molecule has 0 unspecified atom stereocenters. The van der Waals surface area contributed by atoms with Crippen LogP contribution in [0, 0.1) is 0 Å². The zero-order valence-electron chi connectivity index (χ0n) is 15.9. The number of nitrogens with zero attached hydrogens (tertiary/aromatic N) is 3. The van der Waals surface area contributed by atoms with E-state index in [1.807, 2.05) is 0 Å². The van der Waals surface area contributed by atoms with Gasteiger partial charge in [0.15, 0.2) is 0 Å². The van der Waals surface area contributed by atoms with Crippen LogP contribution in [0.15, 0.2) is 24.8 Å². The number of nitrogens with two attached hydrogens (primary N) is 1. The molecule has 156 valence electrons. The predicted octanol–water partition coefficient (Wildman–Crippen LogP) is 1.05. The highest BCUT2D eigenvalue weighted by Crippen LogP contribution is 2.29.